The van der Waals surface area contributed by atoms with Gasteiger partial charge < -0.3 is 15.3 Å². The molecule has 24 heavy (non-hydrogen) atoms. The zero-order chi connectivity index (χ0) is 17.7. The molecule has 0 spiro atoms. The van der Waals surface area contributed by atoms with E-state index in [2.05, 4.69) is 5.32 Å². The Morgan fingerprint density at radius 2 is 1.67 bits per heavy atom. The van der Waals surface area contributed by atoms with Crippen LogP contribution in [-0.4, -0.2) is 46.9 Å². The number of nitrogens with zero attached hydrogens (tertiary/aromatic N) is 1. The number of carboxylic acid groups (broad SMARTS) is 1. The van der Waals surface area contributed by atoms with Crippen LogP contribution in [0.4, 0.5) is 0 Å². The Morgan fingerprint density at radius 1 is 1.08 bits per heavy atom. The average molecular weight is 332 g/mol. The second-order valence-electron chi connectivity index (χ2n) is 6.07. The van der Waals surface area contributed by atoms with E-state index in [4.69, 9.17) is 5.11 Å². The van der Waals surface area contributed by atoms with E-state index in [1.54, 1.807) is 29.2 Å². The molecule has 0 aromatic heterocycles. The van der Waals surface area contributed by atoms with Gasteiger partial charge in [-0.15, -0.1) is 0 Å². The highest BCUT2D eigenvalue weighted by atomic mass is 16.4. The molecule has 0 radical (unpaired) electrons. The zero-order valence-corrected chi connectivity index (χ0v) is 14.1. The van der Waals surface area contributed by atoms with E-state index in [0.717, 1.165) is 0 Å². The number of rotatable bonds is 6. The zero-order valence-electron chi connectivity index (χ0n) is 14.1. The summed E-state index contributed by atoms with van der Waals surface area (Å²) in [7, 11) is 0. The average Bonchev–Trinajstić information content (AvgIpc) is 3.04. The number of nitrogens with one attached hydrogen (secondary N) is 1. The summed E-state index contributed by atoms with van der Waals surface area (Å²) in [5.74, 6) is -1.45. The molecule has 0 saturated heterocycles. The summed E-state index contributed by atoms with van der Waals surface area (Å²) in [6.45, 7) is 5.14. The molecule has 1 aliphatic carbocycles. The highest BCUT2D eigenvalue weighted by Gasteiger charge is 2.30. The van der Waals surface area contributed by atoms with E-state index in [0.29, 0.717) is 43.5 Å². The fraction of sp³-hybridized carbons (Fsp3) is 0.500. The maximum atomic E-state index is 12.3. The summed E-state index contributed by atoms with van der Waals surface area (Å²) < 4.78 is 0. The third-order valence-corrected chi connectivity index (χ3v) is 4.56. The summed E-state index contributed by atoms with van der Waals surface area (Å²) in [5.41, 5.74) is 1.03. The predicted molar refractivity (Wildman–Crippen MR) is 89.9 cm³/mol. The molecule has 1 aromatic rings. The van der Waals surface area contributed by atoms with Crippen molar-refractivity contribution in [3.63, 3.8) is 0 Å². The second kappa shape index (κ2) is 7.95. The van der Waals surface area contributed by atoms with Gasteiger partial charge in [-0.25, -0.2) is 0 Å². The minimum Gasteiger partial charge on any atom is -0.481 e. The van der Waals surface area contributed by atoms with E-state index < -0.39 is 5.97 Å². The van der Waals surface area contributed by atoms with Gasteiger partial charge in [-0.3, -0.25) is 14.4 Å². The fourth-order valence-electron chi connectivity index (χ4n) is 3.06. The number of carboxylic acids is 1. The van der Waals surface area contributed by atoms with Gasteiger partial charge in [-0.05, 0) is 57.4 Å². The van der Waals surface area contributed by atoms with Crippen LogP contribution in [0.2, 0.25) is 0 Å². The first-order chi connectivity index (χ1) is 11.5. The Bertz CT molecular complexity index is 608. The van der Waals surface area contributed by atoms with Gasteiger partial charge in [0, 0.05) is 30.3 Å². The Morgan fingerprint density at radius 3 is 2.17 bits per heavy atom. The second-order valence-corrected chi connectivity index (χ2v) is 6.07. The smallest absolute Gasteiger partial charge is 0.306 e. The lowest BCUT2D eigenvalue weighted by molar-refractivity contribution is -0.141. The minimum absolute atomic E-state index is 0.0490. The molecular formula is C18H24N2O4. The molecule has 0 aliphatic heterocycles. The van der Waals surface area contributed by atoms with Crippen LogP contribution < -0.4 is 5.32 Å². The lowest BCUT2D eigenvalue weighted by Crippen LogP contribution is -2.33. The number of aliphatic carboxylic acids is 1. The third-order valence-electron chi connectivity index (χ3n) is 4.56. The predicted octanol–water partition coefficient (Wildman–Crippen LogP) is 2.15. The first-order valence-electron chi connectivity index (χ1n) is 8.39. The summed E-state index contributed by atoms with van der Waals surface area (Å²) in [5, 5.41) is 11.9. The molecule has 2 atom stereocenters. The Kier molecular flexibility index (Phi) is 5.95. The summed E-state index contributed by atoms with van der Waals surface area (Å²) in [6, 6.07) is 6.48. The molecule has 2 N–H and O–H groups in total. The molecule has 0 bridgehead atoms. The van der Waals surface area contributed by atoms with Crippen LogP contribution in [0.15, 0.2) is 24.3 Å². The number of benzene rings is 1. The van der Waals surface area contributed by atoms with Gasteiger partial charge in [0.2, 0.25) is 0 Å². The quantitative estimate of drug-likeness (QED) is 0.836. The largest absolute Gasteiger partial charge is 0.481 e. The van der Waals surface area contributed by atoms with Gasteiger partial charge in [0.15, 0.2) is 0 Å². The molecule has 0 unspecified atom stereocenters. The van der Waals surface area contributed by atoms with Crippen molar-refractivity contribution < 1.29 is 19.5 Å². The van der Waals surface area contributed by atoms with E-state index >= 15 is 0 Å². The van der Waals surface area contributed by atoms with Crippen LogP contribution in [-0.2, 0) is 4.79 Å². The number of hydrogen-bond acceptors (Lipinski definition) is 3. The SMILES string of the molecule is CCN(CC)C(=O)c1ccc(C(=O)N[C@@H]2CC[C@H](C(=O)O)C2)cc1. The van der Waals surface area contributed by atoms with Crippen LogP contribution in [0, 0.1) is 5.92 Å². The van der Waals surface area contributed by atoms with Crippen molar-refractivity contribution in [2.75, 3.05) is 13.1 Å². The molecule has 6 nitrogen and oxygen atoms in total. The lowest BCUT2D eigenvalue weighted by Gasteiger charge is -2.18. The van der Waals surface area contributed by atoms with Crippen LogP contribution in [0.3, 0.4) is 0 Å². The van der Waals surface area contributed by atoms with Gasteiger partial charge in [0.25, 0.3) is 11.8 Å². The molecule has 2 rings (SSSR count). The van der Waals surface area contributed by atoms with E-state index in [-0.39, 0.29) is 23.8 Å². The van der Waals surface area contributed by atoms with Gasteiger partial charge in [-0.1, -0.05) is 0 Å². The van der Waals surface area contributed by atoms with Gasteiger partial charge in [0.1, 0.15) is 0 Å². The highest BCUT2D eigenvalue weighted by Crippen LogP contribution is 2.25. The molecule has 1 aromatic carbocycles. The maximum absolute atomic E-state index is 12.3. The van der Waals surface area contributed by atoms with Crippen LogP contribution in [0.1, 0.15) is 53.8 Å². The Hall–Kier alpha value is -2.37. The summed E-state index contributed by atoms with van der Waals surface area (Å²) in [6.07, 6.45) is 1.75. The first-order valence-corrected chi connectivity index (χ1v) is 8.39. The molecule has 1 aliphatic rings. The van der Waals surface area contributed by atoms with Gasteiger partial charge >= 0.3 is 5.97 Å². The topological polar surface area (TPSA) is 86.7 Å². The minimum atomic E-state index is -0.800. The molecule has 130 valence electrons. The van der Waals surface area contributed by atoms with Crippen molar-refractivity contribution in [2.45, 2.75) is 39.2 Å². The normalized spacial score (nSPS) is 19.8. The van der Waals surface area contributed by atoms with Crippen molar-refractivity contribution in [3.8, 4) is 0 Å². The summed E-state index contributed by atoms with van der Waals surface area (Å²) in [4.78, 5) is 37.2. The number of hydrogen-bond donors (Lipinski definition) is 2. The molecule has 1 saturated carbocycles. The number of carbonyl (C=O) groups is 3. The Labute approximate surface area is 141 Å². The van der Waals surface area contributed by atoms with Crippen molar-refractivity contribution >= 4 is 17.8 Å². The van der Waals surface area contributed by atoms with Crippen molar-refractivity contribution in [3.05, 3.63) is 35.4 Å². The molecule has 6 heteroatoms. The van der Waals surface area contributed by atoms with Crippen molar-refractivity contribution in [1.29, 1.82) is 0 Å². The molecule has 0 heterocycles. The van der Waals surface area contributed by atoms with E-state index in [1.165, 1.54) is 0 Å². The van der Waals surface area contributed by atoms with Crippen molar-refractivity contribution in [2.24, 2.45) is 5.92 Å². The maximum Gasteiger partial charge on any atom is 0.306 e. The monoisotopic (exact) mass is 332 g/mol. The van der Waals surface area contributed by atoms with Crippen LogP contribution >= 0.6 is 0 Å². The van der Waals surface area contributed by atoms with Crippen LogP contribution in [0.5, 0.6) is 0 Å². The van der Waals surface area contributed by atoms with Crippen molar-refractivity contribution in [1.82, 2.24) is 10.2 Å². The first kappa shape index (κ1) is 18.0. The highest BCUT2D eigenvalue weighted by molar-refractivity contribution is 5.98. The van der Waals surface area contributed by atoms with E-state index in [9.17, 15) is 14.4 Å². The lowest BCUT2D eigenvalue weighted by atomic mass is 10.1. The summed E-state index contributed by atoms with van der Waals surface area (Å²) >= 11 is 0. The standard InChI is InChI=1S/C18H24N2O4/c1-3-20(4-2)17(22)13-7-5-12(6-8-13)16(21)19-15-10-9-14(11-15)18(23)24/h5-8,14-15H,3-4,9-11H2,1-2H3,(H,19,21)(H,23,24)/t14-,15+/m0/s1. The Balaban J connectivity index is 1.97. The van der Waals surface area contributed by atoms with E-state index in [1.807, 2.05) is 13.8 Å². The molecule has 2 amide bonds. The van der Waals surface area contributed by atoms with Crippen LogP contribution in [0.25, 0.3) is 0 Å². The molecule has 1 fully saturated rings. The number of amides is 2. The molecular weight excluding hydrogens is 308 g/mol. The third kappa shape index (κ3) is 4.13. The fourth-order valence-corrected chi connectivity index (χ4v) is 3.06. The number of carbonyl (C=O) groups excluding carboxylic acids is 2. The van der Waals surface area contributed by atoms with Gasteiger partial charge in [-0.2, -0.15) is 0 Å². The van der Waals surface area contributed by atoms with Gasteiger partial charge in [0.05, 0.1) is 5.92 Å².